The fraction of sp³-hybridized carbons (Fsp3) is 0.238. The number of piperazine rings is 1. The van der Waals surface area contributed by atoms with Gasteiger partial charge in [0.2, 0.25) is 5.78 Å². The predicted octanol–water partition coefficient (Wildman–Crippen LogP) is 2.16. The van der Waals surface area contributed by atoms with Gasteiger partial charge in [0.15, 0.2) is 0 Å². The Labute approximate surface area is 163 Å². The lowest BCUT2D eigenvalue weighted by atomic mass is 10.0. The normalized spacial score (nSPS) is 17.5. The van der Waals surface area contributed by atoms with Crippen molar-refractivity contribution in [3.8, 4) is 0 Å². The SMILES string of the molecule is CN1CCN(C(=O)c2ccn[nH]2)CC1c1ccc(C(=O)c2ccccc2)nc1. The molecular weight excluding hydrogens is 354 g/mol. The number of rotatable bonds is 4. The fourth-order valence-corrected chi connectivity index (χ4v) is 3.44. The van der Waals surface area contributed by atoms with Crippen LogP contribution in [-0.2, 0) is 0 Å². The molecule has 28 heavy (non-hydrogen) atoms. The van der Waals surface area contributed by atoms with Crippen LogP contribution in [0.1, 0.15) is 38.1 Å². The van der Waals surface area contributed by atoms with Crippen molar-refractivity contribution in [1.82, 2.24) is 25.0 Å². The van der Waals surface area contributed by atoms with Crippen LogP contribution in [-0.4, -0.2) is 63.4 Å². The number of benzene rings is 1. The molecule has 1 aliphatic heterocycles. The molecule has 1 aliphatic rings. The summed E-state index contributed by atoms with van der Waals surface area (Å²) in [6.07, 6.45) is 3.31. The van der Waals surface area contributed by atoms with Crippen LogP contribution in [0.15, 0.2) is 60.9 Å². The molecule has 0 spiro atoms. The largest absolute Gasteiger partial charge is 0.334 e. The second-order valence-electron chi connectivity index (χ2n) is 6.89. The van der Waals surface area contributed by atoms with Gasteiger partial charge in [0.25, 0.3) is 5.91 Å². The molecule has 7 nitrogen and oxygen atoms in total. The highest BCUT2D eigenvalue weighted by Gasteiger charge is 2.29. The molecule has 7 heteroatoms. The van der Waals surface area contributed by atoms with E-state index in [0.717, 1.165) is 12.1 Å². The van der Waals surface area contributed by atoms with Gasteiger partial charge in [-0.05, 0) is 24.7 Å². The maximum Gasteiger partial charge on any atom is 0.271 e. The second kappa shape index (κ2) is 7.74. The molecule has 0 radical (unpaired) electrons. The van der Waals surface area contributed by atoms with Crippen LogP contribution in [0.2, 0.25) is 0 Å². The maximum absolute atomic E-state index is 12.6. The van der Waals surface area contributed by atoms with Crippen molar-refractivity contribution < 1.29 is 9.59 Å². The highest BCUT2D eigenvalue weighted by molar-refractivity contribution is 6.07. The van der Waals surface area contributed by atoms with Crippen LogP contribution in [0.25, 0.3) is 0 Å². The summed E-state index contributed by atoms with van der Waals surface area (Å²) in [5.74, 6) is -0.153. The van der Waals surface area contributed by atoms with Gasteiger partial charge in [-0.1, -0.05) is 36.4 Å². The second-order valence-corrected chi connectivity index (χ2v) is 6.89. The minimum absolute atomic E-state index is 0.0222. The average Bonchev–Trinajstić information content (AvgIpc) is 3.29. The van der Waals surface area contributed by atoms with Crippen molar-refractivity contribution in [3.63, 3.8) is 0 Å². The lowest BCUT2D eigenvalue weighted by molar-refractivity contribution is 0.0540. The Morgan fingerprint density at radius 2 is 1.89 bits per heavy atom. The summed E-state index contributed by atoms with van der Waals surface area (Å²) in [6, 6.07) is 14.5. The number of nitrogens with zero attached hydrogens (tertiary/aromatic N) is 4. The highest BCUT2D eigenvalue weighted by Crippen LogP contribution is 2.24. The first-order chi connectivity index (χ1) is 13.6. The van der Waals surface area contributed by atoms with Crippen LogP contribution >= 0.6 is 0 Å². The van der Waals surface area contributed by atoms with Crippen LogP contribution < -0.4 is 0 Å². The number of carbonyl (C=O) groups excluding carboxylic acids is 2. The smallest absolute Gasteiger partial charge is 0.271 e. The molecule has 4 rings (SSSR count). The van der Waals surface area contributed by atoms with E-state index >= 15 is 0 Å². The number of hydrogen-bond donors (Lipinski definition) is 1. The van der Waals surface area contributed by atoms with E-state index in [1.807, 2.05) is 36.2 Å². The number of nitrogens with one attached hydrogen (secondary N) is 1. The molecule has 1 fully saturated rings. The van der Waals surface area contributed by atoms with Gasteiger partial charge in [-0.15, -0.1) is 0 Å². The molecule has 3 aromatic rings. The molecule has 1 N–H and O–H groups in total. The molecule has 1 saturated heterocycles. The van der Waals surface area contributed by atoms with Gasteiger partial charge in [0.05, 0.1) is 6.04 Å². The Morgan fingerprint density at radius 3 is 2.57 bits per heavy atom. The third-order valence-electron chi connectivity index (χ3n) is 5.11. The van der Waals surface area contributed by atoms with E-state index in [1.54, 1.807) is 36.7 Å². The molecule has 1 atom stereocenters. The summed E-state index contributed by atoms with van der Waals surface area (Å²) in [4.78, 5) is 33.6. The first-order valence-electron chi connectivity index (χ1n) is 9.18. The minimum atomic E-state index is -0.0970. The van der Waals surface area contributed by atoms with Crippen LogP contribution in [0.5, 0.6) is 0 Å². The summed E-state index contributed by atoms with van der Waals surface area (Å²) in [7, 11) is 2.03. The third-order valence-corrected chi connectivity index (χ3v) is 5.11. The van der Waals surface area contributed by atoms with Crippen LogP contribution in [0.4, 0.5) is 0 Å². The van der Waals surface area contributed by atoms with E-state index in [-0.39, 0.29) is 17.7 Å². The predicted molar refractivity (Wildman–Crippen MR) is 104 cm³/mol. The van der Waals surface area contributed by atoms with Gasteiger partial charge in [0.1, 0.15) is 11.4 Å². The number of ketones is 1. The Bertz CT molecular complexity index is 954. The number of likely N-dealkylation sites (N-methyl/N-ethyl adjacent to an activating group) is 1. The molecule has 0 bridgehead atoms. The van der Waals surface area contributed by atoms with Crippen molar-refractivity contribution in [3.05, 3.63) is 83.4 Å². The number of aromatic nitrogens is 3. The van der Waals surface area contributed by atoms with Gasteiger partial charge < -0.3 is 4.90 Å². The standard InChI is InChI=1S/C21H21N5O2/c1-25-11-12-26(21(28)18-9-10-23-24-18)14-19(25)16-7-8-17(22-13-16)20(27)15-5-3-2-4-6-15/h2-10,13,19H,11-12,14H2,1H3,(H,23,24). The number of H-pyrrole nitrogens is 1. The summed E-state index contributed by atoms with van der Waals surface area (Å²) >= 11 is 0. The first-order valence-corrected chi connectivity index (χ1v) is 9.18. The quantitative estimate of drug-likeness (QED) is 0.707. The Balaban J connectivity index is 1.51. The van der Waals surface area contributed by atoms with Gasteiger partial charge in [0, 0.05) is 37.6 Å². The number of aromatic amines is 1. The molecular formula is C21H21N5O2. The van der Waals surface area contributed by atoms with E-state index in [4.69, 9.17) is 0 Å². The lowest BCUT2D eigenvalue weighted by Crippen LogP contribution is -2.49. The van der Waals surface area contributed by atoms with Gasteiger partial charge in [-0.25, -0.2) is 0 Å². The van der Waals surface area contributed by atoms with Crippen LogP contribution in [0, 0.1) is 0 Å². The van der Waals surface area contributed by atoms with E-state index in [2.05, 4.69) is 20.1 Å². The maximum atomic E-state index is 12.6. The summed E-state index contributed by atoms with van der Waals surface area (Å²) in [6.45, 7) is 1.97. The fourth-order valence-electron chi connectivity index (χ4n) is 3.44. The van der Waals surface area contributed by atoms with E-state index in [1.165, 1.54) is 0 Å². The van der Waals surface area contributed by atoms with Gasteiger partial charge >= 0.3 is 0 Å². The minimum Gasteiger partial charge on any atom is -0.334 e. The number of pyridine rings is 1. The zero-order valence-corrected chi connectivity index (χ0v) is 15.6. The average molecular weight is 375 g/mol. The molecule has 0 saturated carbocycles. The molecule has 142 valence electrons. The van der Waals surface area contributed by atoms with Crippen molar-refractivity contribution in [2.24, 2.45) is 0 Å². The zero-order chi connectivity index (χ0) is 19.5. The topological polar surface area (TPSA) is 82.2 Å². The molecule has 1 unspecified atom stereocenters. The van der Waals surface area contributed by atoms with Crippen molar-refractivity contribution in [2.75, 3.05) is 26.7 Å². The lowest BCUT2D eigenvalue weighted by Gasteiger charge is -2.39. The Hall–Kier alpha value is -3.32. The van der Waals surface area contributed by atoms with E-state index < -0.39 is 0 Å². The van der Waals surface area contributed by atoms with Crippen LogP contribution in [0.3, 0.4) is 0 Å². The zero-order valence-electron chi connectivity index (χ0n) is 15.6. The monoisotopic (exact) mass is 375 g/mol. The number of amides is 1. The molecule has 2 aromatic heterocycles. The summed E-state index contributed by atoms with van der Waals surface area (Å²) < 4.78 is 0. The molecule has 0 aliphatic carbocycles. The van der Waals surface area contributed by atoms with E-state index in [9.17, 15) is 9.59 Å². The number of carbonyl (C=O) groups is 2. The summed E-state index contributed by atoms with van der Waals surface area (Å²) in [5, 5.41) is 6.59. The molecule has 3 heterocycles. The summed E-state index contributed by atoms with van der Waals surface area (Å²) in [5.41, 5.74) is 2.51. The molecule has 1 amide bonds. The molecule has 1 aromatic carbocycles. The number of hydrogen-bond acceptors (Lipinski definition) is 5. The van der Waals surface area contributed by atoms with Gasteiger partial charge in [-0.2, -0.15) is 5.10 Å². The Kier molecular flexibility index (Phi) is 4.99. The van der Waals surface area contributed by atoms with Crippen molar-refractivity contribution in [2.45, 2.75) is 6.04 Å². The van der Waals surface area contributed by atoms with E-state index in [0.29, 0.717) is 30.0 Å². The highest BCUT2D eigenvalue weighted by atomic mass is 16.2. The van der Waals surface area contributed by atoms with Crippen molar-refractivity contribution >= 4 is 11.7 Å². The third kappa shape index (κ3) is 3.57. The first kappa shape index (κ1) is 18.1. The van der Waals surface area contributed by atoms with Crippen molar-refractivity contribution in [1.29, 1.82) is 0 Å². The van der Waals surface area contributed by atoms with Gasteiger partial charge in [-0.3, -0.25) is 24.6 Å². The Morgan fingerprint density at radius 1 is 1.07 bits per heavy atom.